The first-order valence-corrected chi connectivity index (χ1v) is 14.7. The van der Waals surface area contributed by atoms with Gasteiger partial charge in [0.15, 0.2) is 6.61 Å². The molecule has 2 N–H and O–H groups in total. The van der Waals surface area contributed by atoms with Crippen LogP contribution in [0.4, 0.5) is 4.39 Å². The number of nitrogens with one attached hydrogen (secondary N) is 2. The van der Waals surface area contributed by atoms with E-state index >= 15 is 0 Å². The van der Waals surface area contributed by atoms with Crippen molar-refractivity contribution in [1.82, 2.24) is 15.5 Å². The van der Waals surface area contributed by atoms with E-state index in [9.17, 15) is 18.8 Å². The van der Waals surface area contributed by atoms with Crippen LogP contribution < -0.4 is 24.8 Å². The van der Waals surface area contributed by atoms with Gasteiger partial charge in [-0.3, -0.25) is 14.4 Å². The number of ether oxygens (including phenoxy) is 3. The number of carbonyl (C=O) groups is 3. The summed E-state index contributed by atoms with van der Waals surface area (Å²) in [5.74, 6) is -0.181. The normalized spacial score (nSPS) is 18.4. The van der Waals surface area contributed by atoms with E-state index in [1.807, 2.05) is 12.1 Å². The molecule has 6 rings (SSSR count). The summed E-state index contributed by atoms with van der Waals surface area (Å²) in [5, 5.41) is 5.83. The molecule has 1 saturated heterocycles. The van der Waals surface area contributed by atoms with Crippen molar-refractivity contribution in [3.05, 3.63) is 114 Å². The maximum Gasteiger partial charge on any atom is 0.258 e. The van der Waals surface area contributed by atoms with Crippen LogP contribution in [-0.4, -0.2) is 61.6 Å². The van der Waals surface area contributed by atoms with Gasteiger partial charge in [0.1, 0.15) is 29.2 Å². The third-order valence-electron chi connectivity index (χ3n) is 7.86. The van der Waals surface area contributed by atoms with Crippen molar-refractivity contribution in [2.24, 2.45) is 0 Å². The highest BCUT2D eigenvalue weighted by Crippen LogP contribution is 2.33. The van der Waals surface area contributed by atoms with E-state index in [-0.39, 0.29) is 43.2 Å². The smallest absolute Gasteiger partial charge is 0.258 e. The Morgan fingerprint density at radius 1 is 0.933 bits per heavy atom. The number of rotatable bonds is 2. The Morgan fingerprint density at radius 2 is 1.78 bits per heavy atom. The molecule has 3 amide bonds. The number of likely N-dealkylation sites (tertiary alicyclic amines) is 1. The molecule has 4 aromatic rings. The number of amides is 3. The Balaban J connectivity index is 1.37. The second-order valence-electron chi connectivity index (χ2n) is 10.9. The molecule has 2 aliphatic rings. The van der Waals surface area contributed by atoms with Gasteiger partial charge in [0, 0.05) is 48.8 Å². The Kier molecular flexibility index (Phi) is 8.63. The van der Waals surface area contributed by atoms with E-state index in [1.165, 1.54) is 12.1 Å². The molecule has 0 radical (unpaired) electrons. The van der Waals surface area contributed by atoms with Crippen LogP contribution in [0.15, 0.2) is 91.0 Å². The highest BCUT2D eigenvalue weighted by Gasteiger charge is 2.35. The molecule has 230 valence electrons. The van der Waals surface area contributed by atoms with Gasteiger partial charge in [-0.1, -0.05) is 30.3 Å². The number of benzene rings is 4. The minimum absolute atomic E-state index is 0.0591. The summed E-state index contributed by atoms with van der Waals surface area (Å²) in [7, 11) is 1.55. The minimum atomic E-state index is -0.616. The van der Waals surface area contributed by atoms with E-state index < -0.39 is 18.0 Å². The van der Waals surface area contributed by atoms with Gasteiger partial charge in [-0.2, -0.15) is 0 Å². The summed E-state index contributed by atoms with van der Waals surface area (Å²) >= 11 is 0. The first-order valence-electron chi connectivity index (χ1n) is 14.7. The van der Waals surface area contributed by atoms with Crippen LogP contribution in [0, 0.1) is 5.82 Å². The van der Waals surface area contributed by atoms with Gasteiger partial charge in [-0.15, -0.1) is 0 Å². The predicted octanol–water partition coefficient (Wildman–Crippen LogP) is 4.60. The average molecular weight is 610 g/mol. The number of hydrogen-bond donors (Lipinski definition) is 2. The lowest BCUT2D eigenvalue weighted by molar-refractivity contribution is -0.123. The van der Waals surface area contributed by atoms with Crippen LogP contribution in [0.3, 0.4) is 0 Å². The van der Waals surface area contributed by atoms with Crippen LogP contribution in [0.1, 0.15) is 32.7 Å². The molecule has 0 aromatic heterocycles. The van der Waals surface area contributed by atoms with E-state index in [0.717, 1.165) is 5.56 Å². The fourth-order valence-electron chi connectivity index (χ4n) is 5.60. The molecule has 2 heterocycles. The molecule has 2 atom stereocenters. The third-order valence-corrected chi connectivity index (χ3v) is 7.86. The number of piperidine rings is 1. The van der Waals surface area contributed by atoms with Crippen molar-refractivity contribution in [1.29, 1.82) is 0 Å². The van der Waals surface area contributed by atoms with E-state index in [1.54, 1.807) is 78.7 Å². The monoisotopic (exact) mass is 609 g/mol. The fraction of sp³-hybridized carbons (Fsp3) is 0.229. The zero-order valence-electron chi connectivity index (χ0n) is 24.6. The maximum absolute atomic E-state index is 14.7. The molecule has 0 saturated carbocycles. The van der Waals surface area contributed by atoms with Gasteiger partial charge in [0.05, 0.1) is 13.2 Å². The van der Waals surface area contributed by atoms with E-state index in [4.69, 9.17) is 14.2 Å². The number of nitrogens with zero attached hydrogens (tertiary/aromatic N) is 1. The van der Waals surface area contributed by atoms with E-state index in [2.05, 4.69) is 10.6 Å². The minimum Gasteiger partial charge on any atom is -0.496 e. The zero-order valence-corrected chi connectivity index (χ0v) is 24.6. The van der Waals surface area contributed by atoms with E-state index in [0.29, 0.717) is 46.7 Å². The van der Waals surface area contributed by atoms with Gasteiger partial charge in [0.25, 0.3) is 17.7 Å². The molecule has 9 nitrogen and oxygen atoms in total. The summed E-state index contributed by atoms with van der Waals surface area (Å²) in [6, 6.07) is 24.8. The van der Waals surface area contributed by atoms with Crippen LogP contribution in [0.5, 0.6) is 17.2 Å². The first kappa shape index (κ1) is 29.7. The van der Waals surface area contributed by atoms with Crippen LogP contribution >= 0.6 is 0 Å². The molecular formula is C35H32FN3O6. The molecular weight excluding hydrogens is 577 g/mol. The van der Waals surface area contributed by atoms with Gasteiger partial charge in [-0.05, 0) is 65.7 Å². The Morgan fingerprint density at radius 3 is 2.60 bits per heavy atom. The van der Waals surface area contributed by atoms with Crippen molar-refractivity contribution in [2.75, 3.05) is 26.8 Å². The van der Waals surface area contributed by atoms with Crippen molar-refractivity contribution in [3.8, 4) is 28.4 Å². The summed E-state index contributed by atoms with van der Waals surface area (Å²) in [5.41, 5.74) is 2.79. The first-order chi connectivity index (χ1) is 21.9. The number of fused-ring (bicyclic) bond motifs is 8. The van der Waals surface area contributed by atoms with Crippen molar-refractivity contribution < 1.29 is 33.0 Å². The molecule has 4 aromatic carbocycles. The molecule has 0 unspecified atom stereocenters. The van der Waals surface area contributed by atoms with Crippen molar-refractivity contribution in [2.45, 2.75) is 25.1 Å². The van der Waals surface area contributed by atoms with Crippen molar-refractivity contribution in [3.63, 3.8) is 0 Å². The SMILES string of the molecule is COc1ccc2cc1-c1cccc(c1)OCC(=O)NCc1cc(F)cc(c1)O[C@@H]1CCN(C(=O)c3ccccc3)C[C@H]1NC2=O. The zero-order chi connectivity index (χ0) is 31.3. The van der Waals surface area contributed by atoms with Crippen LogP contribution in [0.25, 0.3) is 11.1 Å². The van der Waals surface area contributed by atoms with Crippen LogP contribution in [0.2, 0.25) is 0 Å². The lowest BCUT2D eigenvalue weighted by Crippen LogP contribution is -2.58. The molecule has 0 aliphatic carbocycles. The highest BCUT2D eigenvalue weighted by molar-refractivity contribution is 5.97. The third kappa shape index (κ3) is 6.90. The average Bonchev–Trinajstić information content (AvgIpc) is 3.06. The molecule has 45 heavy (non-hydrogen) atoms. The van der Waals surface area contributed by atoms with Gasteiger partial charge in [-0.25, -0.2) is 4.39 Å². The summed E-state index contributed by atoms with van der Waals surface area (Å²) in [6.07, 6.45) is -0.174. The van der Waals surface area contributed by atoms with Crippen LogP contribution in [-0.2, 0) is 11.3 Å². The topological polar surface area (TPSA) is 106 Å². The maximum atomic E-state index is 14.7. The highest BCUT2D eigenvalue weighted by atomic mass is 19.1. The Hall–Kier alpha value is -5.38. The Labute approximate surface area is 259 Å². The molecule has 6 bridgehead atoms. The lowest BCUT2D eigenvalue weighted by atomic mass is 9.98. The Bertz CT molecular complexity index is 1730. The van der Waals surface area contributed by atoms with Crippen molar-refractivity contribution >= 4 is 17.7 Å². The second-order valence-corrected chi connectivity index (χ2v) is 10.9. The quantitative estimate of drug-likeness (QED) is 0.344. The molecule has 0 spiro atoms. The summed E-state index contributed by atoms with van der Waals surface area (Å²) in [6.45, 7) is 0.379. The lowest BCUT2D eigenvalue weighted by Gasteiger charge is -2.39. The second kappa shape index (κ2) is 13.1. The molecule has 1 fully saturated rings. The largest absolute Gasteiger partial charge is 0.496 e. The van der Waals surface area contributed by atoms with Gasteiger partial charge < -0.3 is 29.7 Å². The fourth-order valence-corrected chi connectivity index (χ4v) is 5.60. The van der Waals surface area contributed by atoms with Gasteiger partial charge >= 0.3 is 0 Å². The predicted molar refractivity (Wildman–Crippen MR) is 165 cm³/mol. The summed E-state index contributed by atoms with van der Waals surface area (Å²) < 4.78 is 32.3. The number of carbonyl (C=O) groups excluding carboxylic acids is 3. The molecule has 2 aliphatic heterocycles. The number of hydrogen-bond acceptors (Lipinski definition) is 6. The summed E-state index contributed by atoms with van der Waals surface area (Å²) in [4.78, 5) is 41.4. The number of methoxy groups -OCH3 is 1. The standard InChI is InChI=1S/C35H32FN3O6/c1-43-31-11-10-25-17-29(31)24-8-5-9-27(16-24)44-21-33(40)37-19-22-14-26(36)18-28(15-22)45-32-12-13-39(20-30(32)38-34(25)41)35(42)23-6-3-2-4-7-23/h2-11,14-18,30,32H,12-13,19-21H2,1H3,(H,37,40)(H,38,41)/t30-,32-/m1/s1. The van der Waals surface area contributed by atoms with Gasteiger partial charge in [0.2, 0.25) is 0 Å². The molecule has 10 heteroatoms. The number of halogens is 1.